The highest BCUT2D eigenvalue weighted by molar-refractivity contribution is 4.82. The van der Waals surface area contributed by atoms with Gasteiger partial charge in [-0.2, -0.15) is 0 Å². The minimum Gasteiger partial charge on any atom is -0.314 e. The summed E-state index contributed by atoms with van der Waals surface area (Å²) in [5, 5.41) is 3.68. The van der Waals surface area contributed by atoms with E-state index in [0.29, 0.717) is 11.5 Å². The summed E-state index contributed by atoms with van der Waals surface area (Å²) < 4.78 is 0. The lowest BCUT2D eigenvalue weighted by Gasteiger charge is -2.36. The smallest absolute Gasteiger partial charge is 0.00106 e. The van der Waals surface area contributed by atoms with Crippen molar-refractivity contribution in [2.75, 3.05) is 6.54 Å². The first kappa shape index (κ1) is 17.0. The Morgan fingerprint density at radius 3 is 2.12 bits per heavy atom. The van der Waals surface area contributed by atoms with Crippen LogP contribution in [-0.2, 0) is 0 Å². The van der Waals surface area contributed by atoms with Gasteiger partial charge in [0.05, 0.1) is 0 Å². The Hall–Kier alpha value is -0.0400. The molecule has 2 atom stereocenters. The van der Waals surface area contributed by atoms with E-state index in [0.717, 1.165) is 5.92 Å². The van der Waals surface area contributed by atoms with Crippen LogP contribution in [0.1, 0.15) is 80.1 Å². The molecule has 0 aromatic heterocycles. The van der Waals surface area contributed by atoms with Crippen LogP contribution in [0.3, 0.4) is 0 Å². The minimum absolute atomic E-state index is 0.537. The molecule has 1 nitrogen and oxygen atoms in total. The van der Waals surface area contributed by atoms with Crippen molar-refractivity contribution < 1.29 is 0 Å². The van der Waals surface area contributed by atoms with Crippen molar-refractivity contribution in [1.29, 1.82) is 0 Å². The molecule has 0 aliphatic heterocycles. The molecule has 1 N–H and O–H groups in total. The minimum atomic E-state index is 0.537. The summed E-state index contributed by atoms with van der Waals surface area (Å²) >= 11 is 0. The van der Waals surface area contributed by atoms with E-state index in [1.54, 1.807) is 0 Å². The second-order valence-corrected chi connectivity index (χ2v) is 6.21. The Bertz CT molecular complexity index is 176. The quantitative estimate of drug-likeness (QED) is 0.567. The number of hydrogen-bond donors (Lipinski definition) is 1. The van der Waals surface area contributed by atoms with Gasteiger partial charge in [-0.3, -0.25) is 0 Å². The predicted octanol–water partition coefficient (Wildman–Crippen LogP) is 5.01. The van der Waals surface area contributed by atoms with E-state index in [-0.39, 0.29) is 0 Å². The molecule has 0 spiro atoms. The second kappa shape index (κ2) is 8.97. The van der Waals surface area contributed by atoms with E-state index in [9.17, 15) is 0 Å². The van der Waals surface area contributed by atoms with Gasteiger partial charge in [-0.1, -0.05) is 60.8 Å². The first-order valence-electron chi connectivity index (χ1n) is 7.73. The number of unbranched alkanes of at least 4 members (excludes halogenated alkanes) is 1. The third kappa shape index (κ3) is 7.08. The normalized spacial score (nSPS) is 17.1. The average Bonchev–Trinajstić information content (AvgIpc) is 2.32. The lowest BCUT2D eigenvalue weighted by atomic mass is 9.73. The lowest BCUT2D eigenvalue weighted by Crippen LogP contribution is -2.38. The van der Waals surface area contributed by atoms with E-state index in [1.807, 2.05) is 0 Å². The van der Waals surface area contributed by atoms with Crippen LogP contribution in [0, 0.1) is 11.3 Å². The second-order valence-electron chi connectivity index (χ2n) is 6.21. The maximum atomic E-state index is 3.68. The molecule has 0 saturated carbocycles. The van der Waals surface area contributed by atoms with Gasteiger partial charge in [0, 0.05) is 12.6 Å². The van der Waals surface area contributed by atoms with E-state index in [1.165, 1.54) is 45.1 Å². The van der Waals surface area contributed by atoms with Crippen LogP contribution >= 0.6 is 0 Å². The fourth-order valence-corrected chi connectivity index (χ4v) is 2.56. The van der Waals surface area contributed by atoms with Gasteiger partial charge in [-0.05, 0) is 30.6 Å². The Balaban J connectivity index is 4.49. The fraction of sp³-hybridized carbons (Fsp3) is 1.00. The summed E-state index contributed by atoms with van der Waals surface area (Å²) in [6, 6.07) is 0.611. The topological polar surface area (TPSA) is 12.0 Å². The van der Waals surface area contributed by atoms with Crippen molar-refractivity contribution in [3.63, 3.8) is 0 Å². The molecule has 0 saturated heterocycles. The van der Waals surface area contributed by atoms with E-state index < -0.39 is 0 Å². The van der Waals surface area contributed by atoms with Crippen LogP contribution in [-0.4, -0.2) is 12.6 Å². The Labute approximate surface area is 110 Å². The molecule has 0 radical (unpaired) electrons. The highest BCUT2D eigenvalue weighted by Crippen LogP contribution is 2.36. The van der Waals surface area contributed by atoms with Crippen LogP contribution in [0.15, 0.2) is 0 Å². The number of rotatable bonds is 10. The Morgan fingerprint density at radius 2 is 1.71 bits per heavy atom. The van der Waals surface area contributed by atoms with Crippen molar-refractivity contribution in [2.45, 2.75) is 86.1 Å². The van der Waals surface area contributed by atoms with Gasteiger partial charge in [0.1, 0.15) is 0 Å². The predicted molar refractivity (Wildman–Crippen MR) is 79.5 cm³/mol. The molecule has 0 amide bonds. The van der Waals surface area contributed by atoms with Gasteiger partial charge in [-0.25, -0.2) is 0 Å². The first-order chi connectivity index (χ1) is 7.99. The summed E-state index contributed by atoms with van der Waals surface area (Å²) in [4.78, 5) is 0. The van der Waals surface area contributed by atoms with Crippen LogP contribution in [0.25, 0.3) is 0 Å². The average molecular weight is 241 g/mol. The molecular weight excluding hydrogens is 206 g/mol. The van der Waals surface area contributed by atoms with Crippen molar-refractivity contribution in [3.05, 3.63) is 0 Å². The van der Waals surface area contributed by atoms with Crippen LogP contribution in [0.5, 0.6) is 0 Å². The zero-order valence-electron chi connectivity index (χ0n) is 13.1. The molecule has 0 aromatic carbocycles. The first-order valence-corrected chi connectivity index (χ1v) is 7.73. The molecule has 1 heteroatoms. The van der Waals surface area contributed by atoms with Gasteiger partial charge < -0.3 is 5.32 Å². The lowest BCUT2D eigenvalue weighted by molar-refractivity contribution is 0.173. The largest absolute Gasteiger partial charge is 0.314 e. The highest BCUT2D eigenvalue weighted by atomic mass is 14.9. The van der Waals surface area contributed by atoms with Crippen molar-refractivity contribution in [1.82, 2.24) is 5.32 Å². The van der Waals surface area contributed by atoms with Crippen molar-refractivity contribution >= 4 is 0 Å². The zero-order chi connectivity index (χ0) is 13.3. The van der Waals surface area contributed by atoms with Gasteiger partial charge in [-0.15, -0.1) is 0 Å². The molecule has 17 heavy (non-hydrogen) atoms. The van der Waals surface area contributed by atoms with Crippen LogP contribution in [0.2, 0.25) is 0 Å². The Kier molecular flexibility index (Phi) is 8.94. The van der Waals surface area contributed by atoms with Crippen LogP contribution in [0.4, 0.5) is 0 Å². The monoisotopic (exact) mass is 241 g/mol. The van der Waals surface area contributed by atoms with Crippen molar-refractivity contribution in [2.24, 2.45) is 11.3 Å². The van der Waals surface area contributed by atoms with Gasteiger partial charge >= 0.3 is 0 Å². The van der Waals surface area contributed by atoms with Gasteiger partial charge in [0.2, 0.25) is 0 Å². The summed E-state index contributed by atoms with van der Waals surface area (Å²) in [5.74, 6) is 0.862. The van der Waals surface area contributed by atoms with Crippen LogP contribution < -0.4 is 5.32 Å². The number of nitrogens with one attached hydrogen (secondary N) is 1. The third-order valence-corrected chi connectivity index (χ3v) is 4.17. The molecule has 0 aliphatic carbocycles. The molecule has 0 aromatic rings. The molecule has 0 heterocycles. The van der Waals surface area contributed by atoms with E-state index in [2.05, 4.69) is 46.9 Å². The van der Waals surface area contributed by atoms with E-state index in [4.69, 9.17) is 0 Å². The molecule has 104 valence electrons. The molecule has 0 aliphatic rings. The summed E-state index contributed by atoms with van der Waals surface area (Å²) in [6.07, 6.45) is 8.12. The van der Waals surface area contributed by atoms with E-state index >= 15 is 0 Å². The molecule has 0 fully saturated rings. The molecule has 0 rings (SSSR count). The number of hydrogen-bond acceptors (Lipinski definition) is 1. The molecular formula is C16H35N. The SMILES string of the molecule is CCCCC(CC)(CNC(C)C)CC(C)CC. The summed E-state index contributed by atoms with van der Waals surface area (Å²) in [6.45, 7) is 15.1. The standard InChI is InChI=1S/C16H35N/c1-7-10-11-16(9-3,12-15(6)8-2)13-17-14(4)5/h14-15,17H,7-13H2,1-6H3. The fourth-order valence-electron chi connectivity index (χ4n) is 2.56. The van der Waals surface area contributed by atoms with Gasteiger partial charge in [0.25, 0.3) is 0 Å². The Morgan fingerprint density at radius 1 is 1.06 bits per heavy atom. The maximum Gasteiger partial charge on any atom is 0.00106 e. The molecule has 0 bridgehead atoms. The highest BCUT2D eigenvalue weighted by Gasteiger charge is 2.28. The maximum absolute atomic E-state index is 3.68. The zero-order valence-corrected chi connectivity index (χ0v) is 13.1. The summed E-state index contributed by atoms with van der Waals surface area (Å²) in [5.41, 5.74) is 0.537. The van der Waals surface area contributed by atoms with Crippen molar-refractivity contribution in [3.8, 4) is 0 Å². The summed E-state index contributed by atoms with van der Waals surface area (Å²) in [7, 11) is 0. The van der Waals surface area contributed by atoms with Gasteiger partial charge in [0.15, 0.2) is 0 Å². The molecule has 2 unspecified atom stereocenters. The third-order valence-electron chi connectivity index (χ3n) is 4.17.